The summed E-state index contributed by atoms with van der Waals surface area (Å²) >= 11 is 3.39. The van der Waals surface area contributed by atoms with Crippen molar-refractivity contribution in [2.75, 3.05) is 37.9 Å². The zero-order valence-corrected chi connectivity index (χ0v) is 21.2. The maximum atomic E-state index is 12.9. The van der Waals surface area contributed by atoms with Gasteiger partial charge >= 0.3 is 0 Å². The van der Waals surface area contributed by atoms with Gasteiger partial charge in [-0.2, -0.15) is 0 Å². The highest BCUT2D eigenvalue weighted by atomic mass is 79.9. The van der Waals surface area contributed by atoms with Crippen molar-refractivity contribution in [2.24, 2.45) is 0 Å². The summed E-state index contributed by atoms with van der Waals surface area (Å²) in [6, 6.07) is 11.1. The lowest BCUT2D eigenvalue weighted by atomic mass is 10.2. The Hall–Kier alpha value is -3.70. The van der Waals surface area contributed by atoms with E-state index in [0.717, 1.165) is 28.5 Å². The van der Waals surface area contributed by atoms with E-state index in [0.29, 0.717) is 23.6 Å². The van der Waals surface area contributed by atoms with Crippen molar-refractivity contribution in [2.45, 2.75) is 13.3 Å². The van der Waals surface area contributed by atoms with Gasteiger partial charge in [0.1, 0.15) is 17.0 Å². The summed E-state index contributed by atoms with van der Waals surface area (Å²) in [6.07, 6.45) is 2.18. The Labute approximate surface area is 210 Å². The number of carbonyl (C=O) groups excluding carboxylic acids is 2. The molecular weight excluding hydrogens is 514 g/mol. The van der Waals surface area contributed by atoms with E-state index in [9.17, 15) is 9.59 Å². The molecule has 35 heavy (non-hydrogen) atoms. The number of rotatable bonds is 9. The first-order chi connectivity index (χ1) is 16.8. The highest BCUT2D eigenvalue weighted by molar-refractivity contribution is 9.10. The van der Waals surface area contributed by atoms with Crippen LogP contribution in [0.5, 0.6) is 5.75 Å². The number of aryl methyl sites for hydroxylation is 1. The molecule has 0 spiro atoms. The minimum atomic E-state index is -0.550. The Kier molecular flexibility index (Phi) is 7.47. The van der Waals surface area contributed by atoms with E-state index < -0.39 is 11.8 Å². The van der Waals surface area contributed by atoms with Crippen LogP contribution in [0, 0.1) is 6.92 Å². The van der Waals surface area contributed by atoms with Gasteiger partial charge < -0.3 is 24.9 Å². The number of benzene rings is 2. The zero-order chi connectivity index (χ0) is 24.9. The molecule has 0 atom stereocenters. The molecule has 2 amide bonds. The van der Waals surface area contributed by atoms with Crippen LogP contribution in [0.1, 0.15) is 33.0 Å². The van der Waals surface area contributed by atoms with Crippen LogP contribution < -0.4 is 15.4 Å². The van der Waals surface area contributed by atoms with Crippen LogP contribution in [-0.4, -0.2) is 63.9 Å². The predicted molar refractivity (Wildman–Crippen MR) is 138 cm³/mol. The zero-order valence-electron chi connectivity index (χ0n) is 19.6. The lowest BCUT2D eigenvalue weighted by Gasteiger charge is -2.10. The molecule has 0 saturated carbocycles. The lowest BCUT2D eigenvalue weighted by molar-refractivity contribution is 0.0985. The van der Waals surface area contributed by atoms with Gasteiger partial charge in [0.25, 0.3) is 11.8 Å². The molecule has 0 radical (unpaired) electrons. The molecule has 4 rings (SSSR count). The van der Waals surface area contributed by atoms with Gasteiger partial charge in [-0.05, 0) is 57.3 Å². The molecule has 0 aliphatic carbocycles. The van der Waals surface area contributed by atoms with E-state index in [-0.39, 0.29) is 17.3 Å². The summed E-state index contributed by atoms with van der Waals surface area (Å²) in [6.45, 7) is 3.34. The summed E-state index contributed by atoms with van der Waals surface area (Å²) in [5, 5.41) is 5.49. The van der Waals surface area contributed by atoms with Gasteiger partial charge in [-0.15, -0.1) is 0 Å². The molecule has 2 aromatic carbocycles. The van der Waals surface area contributed by atoms with Gasteiger partial charge in [-0.25, -0.2) is 9.97 Å². The Morgan fingerprint density at radius 2 is 1.97 bits per heavy atom. The number of aromatic nitrogens is 4. The number of fused-ring (bicyclic) bond motifs is 1. The first-order valence-corrected chi connectivity index (χ1v) is 11.8. The lowest BCUT2D eigenvalue weighted by Crippen LogP contribution is -2.21. The van der Waals surface area contributed by atoms with E-state index in [1.165, 1.54) is 6.33 Å². The Morgan fingerprint density at radius 1 is 1.14 bits per heavy atom. The standard InChI is InChI=1S/C24H26BrN7O3/c1-14-8-9-15(25)12-17(14)28-22(33)20-21(27-13-26-20)23(34)31-24-29-16-6-4-7-18(19(16)30-24)35-11-5-10-32(2)3/h4,6-9,12-13H,5,10-11H2,1-3H3,(H,26,27)(H,28,33)(H2,29,30,31,34). The average molecular weight is 540 g/mol. The Morgan fingerprint density at radius 3 is 2.77 bits per heavy atom. The normalized spacial score (nSPS) is 11.1. The Balaban J connectivity index is 1.47. The van der Waals surface area contributed by atoms with Crippen LogP contribution >= 0.6 is 15.9 Å². The highest BCUT2D eigenvalue weighted by Gasteiger charge is 2.22. The summed E-state index contributed by atoms with van der Waals surface area (Å²) in [4.78, 5) is 42.2. The number of halogens is 1. The van der Waals surface area contributed by atoms with Crippen molar-refractivity contribution in [3.05, 3.63) is 64.1 Å². The number of ether oxygens (including phenoxy) is 1. The smallest absolute Gasteiger partial charge is 0.276 e. The molecule has 10 nitrogen and oxygen atoms in total. The summed E-state index contributed by atoms with van der Waals surface area (Å²) in [5.41, 5.74) is 2.83. The van der Waals surface area contributed by atoms with Gasteiger partial charge in [0.05, 0.1) is 18.5 Å². The number of nitrogens with one attached hydrogen (secondary N) is 4. The quantitative estimate of drug-likeness (QED) is 0.236. The molecule has 2 heterocycles. The van der Waals surface area contributed by atoms with Crippen LogP contribution in [0.2, 0.25) is 0 Å². The molecular formula is C24H26BrN7O3. The van der Waals surface area contributed by atoms with Crippen LogP contribution in [0.3, 0.4) is 0 Å². The third kappa shape index (κ3) is 5.87. The maximum absolute atomic E-state index is 12.9. The summed E-state index contributed by atoms with van der Waals surface area (Å²) in [7, 11) is 4.03. The molecule has 0 unspecified atom stereocenters. The number of nitrogens with zero attached hydrogens (tertiary/aromatic N) is 3. The number of anilines is 2. The number of hydrogen-bond acceptors (Lipinski definition) is 6. The Bertz CT molecular complexity index is 1360. The number of imidazole rings is 2. The maximum Gasteiger partial charge on any atom is 0.276 e. The number of aromatic amines is 2. The number of amides is 2. The minimum absolute atomic E-state index is 0.0239. The molecule has 0 aliphatic rings. The molecule has 0 bridgehead atoms. The molecule has 0 saturated heterocycles. The SMILES string of the molecule is Cc1ccc(Br)cc1NC(=O)c1nc[nH]c1C(=O)Nc1nc2c(OCCCN(C)C)cccc2[nH]1. The van der Waals surface area contributed by atoms with E-state index in [1.807, 2.05) is 51.4 Å². The van der Waals surface area contributed by atoms with Gasteiger partial charge in [-0.3, -0.25) is 14.9 Å². The van der Waals surface area contributed by atoms with E-state index in [4.69, 9.17) is 4.74 Å². The van der Waals surface area contributed by atoms with Gasteiger partial charge in [-0.1, -0.05) is 28.1 Å². The molecule has 182 valence electrons. The number of hydrogen-bond donors (Lipinski definition) is 4. The van der Waals surface area contributed by atoms with Crippen LogP contribution in [-0.2, 0) is 0 Å². The fourth-order valence-corrected chi connectivity index (χ4v) is 3.83. The molecule has 11 heteroatoms. The van der Waals surface area contributed by atoms with Crippen LogP contribution in [0.25, 0.3) is 11.0 Å². The summed E-state index contributed by atoms with van der Waals surface area (Å²) in [5.74, 6) is -0.191. The molecule has 4 N–H and O–H groups in total. The van der Waals surface area contributed by atoms with Crippen LogP contribution in [0.15, 0.2) is 47.2 Å². The van der Waals surface area contributed by atoms with E-state index in [2.05, 4.69) is 51.4 Å². The van der Waals surface area contributed by atoms with Crippen molar-refractivity contribution in [3.8, 4) is 5.75 Å². The first-order valence-electron chi connectivity index (χ1n) is 11.0. The highest BCUT2D eigenvalue weighted by Crippen LogP contribution is 2.26. The van der Waals surface area contributed by atoms with E-state index >= 15 is 0 Å². The number of H-pyrrole nitrogens is 2. The van der Waals surface area contributed by atoms with Crippen molar-refractivity contribution >= 4 is 50.4 Å². The molecule has 2 aromatic heterocycles. The topological polar surface area (TPSA) is 128 Å². The predicted octanol–water partition coefficient (Wildman–Crippen LogP) is 4.19. The average Bonchev–Trinajstić information content (AvgIpc) is 3.46. The van der Waals surface area contributed by atoms with Crippen molar-refractivity contribution in [3.63, 3.8) is 0 Å². The second-order valence-electron chi connectivity index (χ2n) is 8.24. The van der Waals surface area contributed by atoms with Crippen molar-refractivity contribution < 1.29 is 14.3 Å². The van der Waals surface area contributed by atoms with Crippen LogP contribution in [0.4, 0.5) is 11.6 Å². The number of carbonyl (C=O) groups is 2. The van der Waals surface area contributed by atoms with Crippen molar-refractivity contribution in [1.29, 1.82) is 0 Å². The number of para-hydroxylation sites is 1. The molecule has 0 aliphatic heterocycles. The fourth-order valence-electron chi connectivity index (χ4n) is 3.46. The second kappa shape index (κ2) is 10.7. The largest absolute Gasteiger partial charge is 0.491 e. The van der Waals surface area contributed by atoms with Gasteiger partial charge in [0, 0.05) is 16.7 Å². The third-order valence-electron chi connectivity index (χ3n) is 5.24. The van der Waals surface area contributed by atoms with Gasteiger partial charge in [0.2, 0.25) is 5.95 Å². The molecule has 4 aromatic rings. The minimum Gasteiger partial charge on any atom is -0.491 e. The first kappa shape index (κ1) is 24.4. The van der Waals surface area contributed by atoms with Crippen molar-refractivity contribution in [1.82, 2.24) is 24.8 Å². The monoisotopic (exact) mass is 539 g/mol. The molecule has 0 fully saturated rings. The van der Waals surface area contributed by atoms with E-state index in [1.54, 1.807) is 6.07 Å². The second-order valence-corrected chi connectivity index (χ2v) is 9.15. The fraction of sp³-hybridized carbons (Fsp3) is 0.250. The summed E-state index contributed by atoms with van der Waals surface area (Å²) < 4.78 is 6.71. The third-order valence-corrected chi connectivity index (χ3v) is 5.74. The van der Waals surface area contributed by atoms with Gasteiger partial charge in [0.15, 0.2) is 5.69 Å².